The highest BCUT2D eigenvalue weighted by molar-refractivity contribution is 7.47. The molecule has 0 aromatic heterocycles. The molecule has 0 aliphatic heterocycles. The highest BCUT2D eigenvalue weighted by Crippen LogP contribution is 2.45. The van der Waals surface area contributed by atoms with Crippen LogP contribution >= 0.6 is 15.6 Å². The first-order valence-corrected chi connectivity index (χ1v) is 46.6. The third-order valence-electron chi connectivity index (χ3n) is 19.8. The second kappa shape index (κ2) is 76.8. The van der Waals surface area contributed by atoms with Crippen molar-refractivity contribution in [3.8, 4) is 0 Å². The second-order valence-electron chi connectivity index (χ2n) is 30.7. The van der Waals surface area contributed by atoms with Crippen molar-refractivity contribution >= 4 is 39.5 Å². The van der Waals surface area contributed by atoms with Crippen LogP contribution in [0.1, 0.15) is 452 Å². The number of carbonyl (C=O) groups is 4. The Balaban J connectivity index is 5.24. The lowest BCUT2D eigenvalue weighted by atomic mass is 10.0. The number of aliphatic hydroxyl groups excluding tert-OH is 1. The molecule has 0 amide bonds. The first-order chi connectivity index (χ1) is 50.0. The monoisotopic (exact) mass is 1510 g/mol. The van der Waals surface area contributed by atoms with Gasteiger partial charge in [0.15, 0.2) is 12.2 Å². The Kier molecular flexibility index (Phi) is 75.4. The molecule has 3 N–H and O–H groups in total. The topological polar surface area (TPSA) is 237 Å². The Bertz CT molecular complexity index is 1960. The van der Waals surface area contributed by atoms with Gasteiger partial charge >= 0.3 is 39.5 Å². The van der Waals surface area contributed by atoms with Gasteiger partial charge in [0.1, 0.15) is 19.3 Å². The standard InChI is InChI=1S/C84H164O17P2/c1-6-9-12-15-18-21-24-27-29-31-32-33-34-35-37-39-44-49-54-59-64-69-83(88)100-79(74-95-82(87)68-63-58-53-48-43-38-36-30-28-25-22-19-16-13-10-7-2)75-98-102(90,91)96-71-78(85)72-97-103(92,93)99-76-80(73-94-81(86)67-62-57-52-47-42-26-23-20-17-14-11-8-3)101-84(89)70-65-60-55-50-45-40-41-46-51-56-61-66-77(4)5/h77-80,85H,6-76H2,1-5H3,(H,90,91)(H,92,93)/t78-,79-,80-/m1/s1. The summed E-state index contributed by atoms with van der Waals surface area (Å²) in [6.45, 7) is 7.35. The lowest BCUT2D eigenvalue weighted by molar-refractivity contribution is -0.161. The molecule has 0 bridgehead atoms. The molecular formula is C84H164O17P2. The summed E-state index contributed by atoms with van der Waals surface area (Å²) in [5.74, 6) is -1.34. The zero-order valence-electron chi connectivity index (χ0n) is 67.5. The number of unbranched alkanes of at least 4 members (excludes halogenated alkanes) is 56. The number of phosphoric acid groups is 2. The van der Waals surface area contributed by atoms with E-state index in [1.807, 2.05) is 0 Å². The Hall–Kier alpha value is -1.94. The van der Waals surface area contributed by atoms with E-state index in [0.717, 1.165) is 95.8 Å². The minimum atomic E-state index is -4.96. The van der Waals surface area contributed by atoms with Crippen LogP contribution in [0.15, 0.2) is 0 Å². The van der Waals surface area contributed by atoms with E-state index in [-0.39, 0.29) is 25.7 Å². The Morgan fingerprint density at radius 2 is 0.447 bits per heavy atom. The fraction of sp³-hybridized carbons (Fsp3) is 0.952. The molecule has 0 aromatic carbocycles. The van der Waals surface area contributed by atoms with Gasteiger partial charge in [-0.15, -0.1) is 0 Å². The summed E-state index contributed by atoms with van der Waals surface area (Å²) in [6.07, 6.45) is 69.4. The molecule has 0 rings (SSSR count). The zero-order valence-corrected chi connectivity index (χ0v) is 69.3. The number of phosphoric ester groups is 2. The molecule has 103 heavy (non-hydrogen) atoms. The molecule has 17 nitrogen and oxygen atoms in total. The van der Waals surface area contributed by atoms with E-state index in [9.17, 15) is 43.2 Å². The van der Waals surface area contributed by atoms with Crippen molar-refractivity contribution in [1.82, 2.24) is 0 Å². The average Bonchev–Trinajstić information content (AvgIpc) is 0.914. The number of aliphatic hydroxyl groups is 1. The van der Waals surface area contributed by atoms with Crippen LogP contribution in [0.5, 0.6) is 0 Å². The molecule has 0 aromatic rings. The first kappa shape index (κ1) is 101. The van der Waals surface area contributed by atoms with E-state index in [1.165, 1.54) is 276 Å². The molecule has 19 heteroatoms. The molecular weight excluding hydrogens is 1340 g/mol. The summed E-state index contributed by atoms with van der Waals surface area (Å²) in [4.78, 5) is 73.2. The van der Waals surface area contributed by atoms with Crippen LogP contribution in [0.25, 0.3) is 0 Å². The number of esters is 4. The van der Waals surface area contributed by atoms with Gasteiger partial charge in [0.05, 0.1) is 26.4 Å². The largest absolute Gasteiger partial charge is 0.472 e. The molecule has 0 fully saturated rings. The summed E-state index contributed by atoms with van der Waals surface area (Å²) in [6, 6.07) is 0. The third-order valence-corrected chi connectivity index (χ3v) is 21.7. The molecule has 0 heterocycles. The van der Waals surface area contributed by atoms with Gasteiger partial charge in [0.25, 0.3) is 0 Å². The maximum atomic E-state index is 13.1. The van der Waals surface area contributed by atoms with E-state index >= 15 is 0 Å². The van der Waals surface area contributed by atoms with Crippen LogP contribution in [0, 0.1) is 5.92 Å². The summed E-state index contributed by atoms with van der Waals surface area (Å²) >= 11 is 0. The highest BCUT2D eigenvalue weighted by atomic mass is 31.2. The maximum absolute atomic E-state index is 13.1. The lowest BCUT2D eigenvalue weighted by Gasteiger charge is -2.21. The molecule has 0 aliphatic carbocycles. The minimum absolute atomic E-state index is 0.107. The van der Waals surface area contributed by atoms with Gasteiger partial charge in [-0.2, -0.15) is 0 Å². The first-order valence-electron chi connectivity index (χ1n) is 43.6. The fourth-order valence-corrected chi connectivity index (χ4v) is 14.7. The lowest BCUT2D eigenvalue weighted by Crippen LogP contribution is -2.30. The van der Waals surface area contributed by atoms with Gasteiger partial charge < -0.3 is 33.8 Å². The molecule has 0 saturated carbocycles. The highest BCUT2D eigenvalue weighted by Gasteiger charge is 2.30. The maximum Gasteiger partial charge on any atom is 0.472 e. The van der Waals surface area contributed by atoms with Crippen molar-refractivity contribution in [2.24, 2.45) is 5.92 Å². The van der Waals surface area contributed by atoms with Crippen LogP contribution in [-0.2, 0) is 65.4 Å². The predicted molar refractivity (Wildman–Crippen MR) is 423 cm³/mol. The van der Waals surface area contributed by atoms with Gasteiger partial charge in [-0.3, -0.25) is 37.3 Å². The molecule has 0 spiro atoms. The number of ether oxygens (including phenoxy) is 4. The molecule has 5 atom stereocenters. The zero-order chi connectivity index (χ0) is 75.5. The van der Waals surface area contributed by atoms with Crippen molar-refractivity contribution in [3.05, 3.63) is 0 Å². The second-order valence-corrected chi connectivity index (χ2v) is 33.6. The van der Waals surface area contributed by atoms with Crippen molar-refractivity contribution in [2.45, 2.75) is 470 Å². The Labute approximate surface area is 632 Å². The molecule has 612 valence electrons. The summed E-state index contributed by atoms with van der Waals surface area (Å²) < 4.78 is 68.8. The van der Waals surface area contributed by atoms with Gasteiger partial charge in [-0.1, -0.05) is 401 Å². The van der Waals surface area contributed by atoms with E-state index < -0.39 is 97.5 Å². The van der Waals surface area contributed by atoms with E-state index in [0.29, 0.717) is 25.7 Å². The molecule has 0 radical (unpaired) electrons. The van der Waals surface area contributed by atoms with Crippen LogP contribution in [0.4, 0.5) is 0 Å². The van der Waals surface area contributed by atoms with Crippen LogP contribution < -0.4 is 0 Å². The quantitative estimate of drug-likeness (QED) is 0.0222. The smallest absolute Gasteiger partial charge is 0.462 e. The van der Waals surface area contributed by atoms with Crippen molar-refractivity contribution in [2.75, 3.05) is 39.6 Å². The summed E-state index contributed by atoms with van der Waals surface area (Å²) in [7, 11) is -9.92. The molecule has 0 aliphatic rings. The van der Waals surface area contributed by atoms with Crippen LogP contribution in [0.2, 0.25) is 0 Å². The van der Waals surface area contributed by atoms with E-state index in [4.69, 9.17) is 37.0 Å². The van der Waals surface area contributed by atoms with Crippen molar-refractivity contribution < 1.29 is 80.2 Å². The van der Waals surface area contributed by atoms with Gasteiger partial charge in [0, 0.05) is 25.7 Å². The molecule has 0 saturated heterocycles. The predicted octanol–water partition coefficient (Wildman–Crippen LogP) is 25.6. The summed E-state index contributed by atoms with van der Waals surface area (Å²) in [5, 5.41) is 10.7. The van der Waals surface area contributed by atoms with Crippen LogP contribution in [0.3, 0.4) is 0 Å². The van der Waals surface area contributed by atoms with Gasteiger partial charge in [-0.25, -0.2) is 9.13 Å². The van der Waals surface area contributed by atoms with Gasteiger partial charge in [-0.05, 0) is 31.6 Å². The van der Waals surface area contributed by atoms with Crippen LogP contribution in [-0.4, -0.2) is 96.7 Å². The Morgan fingerprint density at radius 1 is 0.262 bits per heavy atom. The fourth-order valence-electron chi connectivity index (χ4n) is 13.1. The molecule has 2 unspecified atom stereocenters. The number of carbonyl (C=O) groups excluding carboxylic acids is 4. The average molecular weight is 1510 g/mol. The van der Waals surface area contributed by atoms with E-state index in [2.05, 4.69) is 34.6 Å². The minimum Gasteiger partial charge on any atom is -0.462 e. The van der Waals surface area contributed by atoms with Gasteiger partial charge in [0.2, 0.25) is 0 Å². The number of rotatable bonds is 84. The van der Waals surface area contributed by atoms with Crippen molar-refractivity contribution in [1.29, 1.82) is 0 Å². The normalized spacial score (nSPS) is 13.8. The number of hydrogen-bond acceptors (Lipinski definition) is 15. The van der Waals surface area contributed by atoms with E-state index in [1.54, 1.807) is 0 Å². The van der Waals surface area contributed by atoms with Crippen molar-refractivity contribution in [3.63, 3.8) is 0 Å². The third kappa shape index (κ3) is 78.0. The SMILES string of the molecule is CCCCCCCCCCCCCCCCCCCCCCCC(=O)O[C@H](COC(=O)CCCCCCCCCCCCCCCCCC)COP(=O)(O)OC[C@@H](O)COP(=O)(O)OC[C@@H](COC(=O)CCCCCCCCCCCCCC)OC(=O)CCCCCCCCCCCCCC(C)C. The number of hydrogen-bond donors (Lipinski definition) is 3. The summed E-state index contributed by atoms with van der Waals surface area (Å²) in [5.41, 5.74) is 0. The Morgan fingerprint density at radius 3 is 0.660 bits per heavy atom.